The first-order valence-electron chi connectivity index (χ1n) is 4.48. The highest BCUT2D eigenvalue weighted by molar-refractivity contribution is 5.77. The molecule has 0 radical (unpaired) electrons. The van der Waals surface area contributed by atoms with Gasteiger partial charge in [-0.05, 0) is 18.2 Å². The highest BCUT2D eigenvalue weighted by Gasteiger charge is 2.07. The molecule has 4 heteroatoms. The third-order valence-electron chi connectivity index (χ3n) is 2.34. The van der Waals surface area contributed by atoms with E-state index < -0.39 is 0 Å². The monoisotopic (exact) mass is 196 g/mol. The van der Waals surface area contributed by atoms with Crippen LogP contribution < -0.4 is 0 Å². The summed E-state index contributed by atoms with van der Waals surface area (Å²) in [4.78, 5) is 4.31. The zero-order chi connectivity index (χ0) is 10.8. The lowest BCUT2D eigenvalue weighted by Crippen LogP contribution is -1.95. The van der Waals surface area contributed by atoms with Crippen molar-refractivity contribution >= 4 is 11.0 Å². The number of imidazole rings is 1. The molecule has 0 amide bonds. The van der Waals surface area contributed by atoms with E-state index in [1.165, 1.54) is 0 Å². The first-order chi connectivity index (χ1) is 7.26. The van der Waals surface area contributed by atoms with E-state index >= 15 is 0 Å². The lowest BCUT2D eigenvalue weighted by molar-refractivity contribution is 0.857. The molecule has 0 atom stereocenters. The van der Waals surface area contributed by atoms with E-state index in [0.29, 0.717) is 5.56 Å². The number of aromatic nitrogens is 2. The number of nitrogens with zero attached hydrogens (tertiary/aromatic N) is 4. The molecule has 0 bridgehead atoms. The van der Waals surface area contributed by atoms with Gasteiger partial charge in [0.05, 0.1) is 35.2 Å². The van der Waals surface area contributed by atoms with Crippen LogP contribution >= 0.6 is 0 Å². The molecule has 2 rings (SSSR count). The van der Waals surface area contributed by atoms with Gasteiger partial charge in [0.1, 0.15) is 5.82 Å². The van der Waals surface area contributed by atoms with Crippen molar-refractivity contribution in [1.29, 1.82) is 10.5 Å². The second-order valence-corrected chi connectivity index (χ2v) is 3.24. The maximum Gasteiger partial charge on any atom is 0.123 e. The zero-order valence-corrected chi connectivity index (χ0v) is 8.23. The first kappa shape index (κ1) is 9.23. The lowest BCUT2D eigenvalue weighted by Gasteiger charge is -1.97. The molecule has 1 aromatic carbocycles. The molecular weight excluding hydrogens is 188 g/mol. The number of hydrogen-bond acceptors (Lipinski definition) is 3. The molecule has 0 saturated carbocycles. The molecule has 0 spiro atoms. The second kappa shape index (κ2) is 3.43. The Balaban J connectivity index is 2.69. The van der Waals surface area contributed by atoms with Gasteiger partial charge >= 0.3 is 0 Å². The second-order valence-electron chi connectivity index (χ2n) is 3.24. The molecule has 72 valence electrons. The number of nitriles is 2. The number of benzene rings is 1. The van der Waals surface area contributed by atoms with E-state index in [-0.39, 0.29) is 6.42 Å². The summed E-state index contributed by atoms with van der Waals surface area (Å²) in [6, 6.07) is 9.46. The Hall–Kier alpha value is -2.33. The highest BCUT2D eigenvalue weighted by Crippen LogP contribution is 2.16. The SMILES string of the molecule is Cn1c(CC#N)nc2ccc(C#N)cc21. The summed E-state index contributed by atoms with van der Waals surface area (Å²) in [5.41, 5.74) is 2.31. The fraction of sp³-hybridized carbons (Fsp3) is 0.182. The van der Waals surface area contributed by atoms with Crippen molar-refractivity contribution in [2.45, 2.75) is 6.42 Å². The van der Waals surface area contributed by atoms with E-state index in [9.17, 15) is 0 Å². The molecule has 4 nitrogen and oxygen atoms in total. The van der Waals surface area contributed by atoms with E-state index in [0.717, 1.165) is 16.9 Å². The predicted octanol–water partition coefficient (Wildman–Crippen LogP) is 1.51. The average molecular weight is 196 g/mol. The topological polar surface area (TPSA) is 65.4 Å². The summed E-state index contributed by atoms with van der Waals surface area (Å²) >= 11 is 0. The largest absolute Gasteiger partial charge is 0.330 e. The minimum atomic E-state index is 0.285. The van der Waals surface area contributed by atoms with Crippen LogP contribution in [0.4, 0.5) is 0 Å². The van der Waals surface area contributed by atoms with Crippen molar-refractivity contribution < 1.29 is 0 Å². The summed E-state index contributed by atoms with van der Waals surface area (Å²) in [5, 5.41) is 17.4. The fourth-order valence-corrected chi connectivity index (χ4v) is 1.54. The number of fused-ring (bicyclic) bond motifs is 1. The molecule has 0 unspecified atom stereocenters. The molecule has 0 aliphatic heterocycles. The molecule has 0 fully saturated rings. The third kappa shape index (κ3) is 1.43. The van der Waals surface area contributed by atoms with Crippen LogP contribution in [0.25, 0.3) is 11.0 Å². The number of aryl methyl sites for hydroxylation is 1. The van der Waals surface area contributed by atoms with Crippen LogP contribution in [0.3, 0.4) is 0 Å². The number of rotatable bonds is 1. The van der Waals surface area contributed by atoms with Gasteiger partial charge in [-0.15, -0.1) is 0 Å². The molecule has 0 aliphatic carbocycles. The van der Waals surface area contributed by atoms with Crippen LogP contribution in [0, 0.1) is 22.7 Å². The smallest absolute Gasteiger partial charge is 0.123 e. The van der Waals surface area contributed by atoms with Crippen LogP contribution in [0.2, 0.25) is 0 Å². The Morgan fingerprint density at radius 3 is 2.87 bits per heavy atom. The van der Waals surface area contributed by atoms with Crippen molar-refractivity contribution in [1.82, 2.24) is 9.55 Å². The predicted molar refractivity (Wildman–Crippen MR) is 54.7 cm³/mol. The van der Waals surface area contributed by atoms with Crippen molar-refractivity contribution in [3.8, 4) is 12.1 Å². The van der Waals surface area contributed by atoms with Crippen LogP contribution in [-0.4, -0.2) is 9.55 Å². The summed E-state index contributed by atoms with van der Waals surface area (Å²) in [5.74, 6) is 0.725. The van der Waals surface area contributed by atoms with E-state index in [2.05, 4.69) is 17.1 Å². The third-order valence-corrected chi connectivity index (χ3v) is 2.34. The molecule has 1 heterocycles. The average Bonchev–Trinajstić information content (AvgIpc) is 2.56. The van der Waals surface area contributed by atoms with Gasteiger partial charge in [-0.25, -0.2) is 4.98 Å². The van der Waals surface area contributed by atoms with Gasteiger partial charge in [0.25, 0.3) is 0 Å². The lowest BCUT2D eigenvalue weighted by atomic mass is 10.2. The molecule has 15 heavy (non-hydrogen) atoms. The van der Waals surface area contributed by atoms with Gasteiger partial charge in [0.15, 0.2) is 0 Å². The summed E-state index contributed by atoms with van der Waals surface area (Å²) in [6.07, 6.45) is 0.285. The standard InChI is InChI=1S/C11H8N4/c1-15-10-6-8(7-13)2-3-9(10)14-11(15)4-5-12/h2-3,6H,4H2,1H3. The Morgan fingerprint density at radius 1 is 1.40 bits per heavy atom. The van der Waals surface area contributed by atoms with Gasteiger partial charge in [0, 0.05) is 7.05 Å². The van der Waals surface area contributed by atoms with Crippen LogP contribution in [0.15, 0.2) is 18.2 Å². The van der Waals surface area contributed by atoms with Crippen molar-refractivity contribution in [3.63, 3.8) is 0 Å². The molecule has 0 saturated heterocycles. The molecular formula is C11H8N4. The minimum absolute atomic E-state index is 0.285. The Morgan fingerprint density at radius 2 is 2.20 bits per heavy atom. The Bertz CT molecular complexity index is 595. The highest BCUT2D eigenvalue weighted by atomic mass is 15.1. The van der Waals surface area contributed by atoms with Gasteiger partial charge in [-0.3, -0.25) is 0 Å². The Labute approximate surface area is 87.0 Å². The maximum atomic E-state index is 8.77. The first-order valence-corrected chi connectivity index (χ1v) is 4.48. The van der Waals surface area contributed by atoms with Crippen molar-refractivity contribution in [3.05, 3.63) is 29.6 Å². The van der Waals surface area contributed by atoms with Gasteiger partial charge in [-0.2, -0.15) is 10.5 Å². The molecule has 2 aromatic rings. The fourth-order valence-electron chi connectivity index (χ4n) is 1.54. The van der Waals surface area contributed by atoms with Crippen molar-refractivity contribution in [2.24, 2.45) is 7.05 Å². The molecule has 1 aromatic heterocycles. The number of hydrogen-bond donors (Lipinski definition) is 0. The summed E-state index contributed by atoms with van der Waals surface area (Å²) in [6.45, 7) is 0. The van der Waals surface area contributed by atoms with Crippen LogP contribution in [0.5, 0.6) is 0 Å². The normalized spacial score (nSPS) is 9.80. The Kier molecular flexibility index (Phi) is 2.11. The van der Waals surface area contributed by atoms with Gasteiger partial charge < -0.3 is 4.57 Å². The summed E-state index contributed by atoms with van der Waals surface area (Å²) in [7, 11) is 1.85. The van der Waals surface area contributed by atoms with Crippen molar-refractivity contribution in [2.75, 3.05) is 0 Å². The maximum absolute atomic E-state index is 8.77. The van der Waals surface area contributed by atoms with E-state index in [1.54, 1.807) is 18.2 Å². The van der Waals surface area contributed by atoms with Crippen LogP contribution in [-0.2, 0) is 13.5 Å². The van der Waals surface area contributed by atoms with E-state index in [4.69, 9.17) is 10.5 Å². The molecule has 0 aliphatic rings. The minimum Gasteiger partial charge on any atom is -0.330 e. The summed E-state index contributed by atoms with van der Waals surface area (Å²) < 4.78 is 1.85. The quantitative estimate of drug-likeness (QED) is 0.694. The van der Waals surface area contributed by atoms with Gasteiger partial charge in [-0.1, -0.05) is 0 Å². The van der Waals surface area contributed by atoms with E-state index in [1.807, 2.05) is 11.6 Å². The molecule has 0 N–H and O–H groups in total. The van der Waals surface area contributed by atoms with Crippen LogP contribution in [0.1, 0.15) is 11.4 Å². The van der Waals surface area contributed by atoms with Gasteiger partial charge in [0.2, 0.25) is 0 Å². The zero-order valence-electron chi connectivity index (χ0n) is 8.23.